The molecule has 2 aromatic carbocycles. The molecule has 8 heteroatoms. The third-order valence-corrected chi connectivity index (χ3v) is 4.54. The molecule has 0 N–H and O–H groups in total. The van der Waals surface area contributed by atoms with E-state index in [-0.39, 0.29) is 21.7 Å². The molecule has 122 valence electrons. The summed E-state index contributed by atoms with van der Waals surface area (Å²) in [7, 11) is -3.18. The Bertz CT molecular complexity index is 786. The van der Waals surface area contributed by atoms with Gasteiger partial charge in [0.25, 0.3) is 5.69 Å². The molecule has 4 nitrogen and oxygen atoms in total. The minimum Gasteiger partial charge on any atom is -0.258 e. The highest BCUT2D eigenvalue weighted by atomic mass is 32.2. The van der Waals surface area contributed by atoms with Gasteiger partial charge in [-0.25, -0.2) is 4.21 Å². The van der Waals surface area contributed by atoms with Gasteiger partial charge in [-0.3, -0.25) is 10.1 Å². The number of hydrogen-bond donors (Lipinski definition) is 0. The molecule has 0 heterocycles. The number of aryl methyl sites for hydroxylation is 2. The lowest BCUT2D eigenvalue weighted by atomic mass is 10.0. The number of nitro groups is 1. The van der Waals surface area contributed by atoms with Gasteiger partial charge in [-0.2, -0.15) is 13.2 Å². The van der Waals surface area contributed by atoms with Gasteiger partial charge in [-0.05, 0) is 42.7 Å². The van der Waals surface area contributed by atoms with Crippen LogP contribution in [-0.4, -0.2) is 14.6 Å². The van der Waals surface area contributed by atoms with Crippen LogP contribution in [0.5, 0.6) is 0 Å². The molecular formula is C15H12F3NO3S. The topological polar surface area (TPSA) is 60.2 Å². The van der Waals surface area contributed by atoms with Crippen molar-refractivity contribution in [1.29, 1.82) is 0 Å². The average molecular weight is 343 g/mol. The lowest BCUT2D eigenvalue weighted by Gasteiger charge is -2.15. The molecule has 2 rings (SSSR count). The van der Waals surface area contributed by atoms with Gasteiger partial charge in [-0.15, -0.1) is 0 Å². The second kappa shape index (κ2) is 6.11. The van der Waals surface area contributed by atoms with Gasteiger partial charge in [-0.1, -0.05) is 17.7 Å². The number of nitro benzene ring substituents is 1. The SMILES string of the molecule is Cc1cc(C)c(S(=O)C(F)(F)F)c(-c2ccc([N+](=O)[O-])cc2)c1. The van der Waals surface area contributed by atoms with E-state index in [0.29, 0.717) is 11.1 Å². The molecule has 0 aliphatic carbocycles. The Morgan fingerprint density at radius 2 is 1.65 bits per heavy atom. The van der Waals surface area contributed by atoms with Crippen LogP contribution in [0.25, 0.3) is 11.1 Å². The zero-order valence-electron chi connectivity index (χ0n) is 12.2. The van der Waals surface area contributed by atoms with Crippen molar-refractivity contribution in [2.45, 2.75) is 24.3 Å². The Hall–Kier alpha value is -2.22. The maximum atomic E-state index is 12.9. The highest BCUT2D eigenvalue weighted by Crippen LogP contribution is 2.36. The number of hydrogen-bond acceptors (Lipinski definition) is 3. The summed E-state index contributed by atoms with van der Waals surface area (Å²) >= 11 is 0. The molecular weight excluding hydrogens is 331 g/mol. The largest absolute Gasteiger partial charge is 0.475 e. The number of alkyl halides is 3. The summed E-state index contributed by atoms with van der Waals surface area (Å²) in [5, 5.41) is 10.7. The maximum Gasteiger partial charge on any atom is 0.475 e. The quantitative estimate of drug-likeness (QED) is 0.609. The molecule has 0 bridgehead atoms. The average Bonchev–Trinajstić information content (AvgIpc) is 2.45. The standard InChI is InChI=1S/C15H12F3NO3S/c1-9-7-10(2)14(23(22)15(16,17)18)13(8-9)11-3-5-12(6-4-11)19(20)21/h3-8H,1-2H3. The van der Waals surface area contributed by atoms with Crippen LogP contribution in [0.2, 0.25) is 0 Å². The number of benzene rings is 2. The van der Waals surface area contributed by atoms with Gasteiger partial charge in [0.1, 0.15) is 0 Å². The van der Waals surface area contributed by atoms with E-state index in [0.717, 1.165) is 0 Å². The highest BCUT2D eigenvalue weighted by molar-refractivity contribution is 7.86. The van der Waals surface area contributed by atoms with Crippen molar-refractivity contribution in [2.24, 2.45) is 0 Å². The van der Waals surface area contributed by atoms with Crippen LogP contribution >= 0.6 is 0 Å². The van der Waals surface area contributed by atoms with Crippen LogP contribution in [0.1, 0.15) is 11.1 Å². The third-order valence-electron chi connectivity index (χ3n) is 3.20. The first-order chi connectivity index (χ1) is 10.6. The van der Waals surface area contributed by atoms with Crippen molar-refractivity contribution in [3.63, 3.8) is 0 Å². The summed E-state index contributed by atoms with van der Waals surface area (Å²) in [6.07, 6.45) is 0. The molecule has 23 heavy (non-hydrogen) atoms. The molecule has 0 saturated heterocycles. The van der Waals surface area contributed by atoms with E-state index in [9.17, 15) is 27.5 Å². The summed E-state index contributed by atoms with van der Waals surface area (Å²) in [6, 6.07) is 8.12. The van der Waals surface area contributed by atoms with E-state index in [2.05, 4.69) is 0 Å². The Kier molecular flexibility index (Phi) is 4.56. The van der Waals surface area contributed by atoms with Crippen LogP contribution in [0.3, 0.4) is 0 Å². The lowest BCUT2D eigenvalue weighted by molar-refractivity contribution is -0.384. The molecule has 0 aromatic heterocycles. The number of non-ortho nitro benzene ring substituents is 1. The molecule has 2 aromatic rings. The minimum absolute atomic E-state index is 0.160. The number of halogens is 3. The summed E-state index contributed by atoms with van der Waals surface area (Å²) in [6.45, 7) is 3.17. The van der Waals surface area contributed by atoms with Crippen LogP contribution in [0.15, 0.2) is 41.3 Å². The van der Waals surface area contributed by atoms with Crippen molar-refractivity contribution in [1.82, 2.24) is 0 Å². The minimum atomic E-state index is -4.88. The third kappa shape index (κ3) is 3.58. The lowest BCUT2D eigenvalue weighted by Crippen LogP contribution is -2.18. The van der Waals surface area contributed by atoms with E-state index >= 15 is 0 Å². The Morgan fingerprint density at radius 1 is 1.09 bits per heavy atom. The van der Waals surface area contributed by atoms with Crippen LogP contribution in [0.4, 0.5) is 18.9 Å². The fourth-order valence-electron chi connectivity index (χ4n) is 2.29. The molecule has 1 atom stereocenters. The Balaban J connectivity index is 2.66. The monoisotopic (exact) mass is 343 g/mol. The first-order valence-electron chi connectivity index (χ1n) is 6.46. The summed E-state index contributed by atoms with van der Waals surface area (Å²) < 4.78 is 50.5. The fraction of sp³-hybridized carbons (Fsp3) is 0.200. The molecule has 0 amide bonds. The van der Waals surface area contributed by atoms with Crippen LogP contribution < -0.4 is 0 Å². The number of nitrogens with zero attached hydrogens (tertiary/aromatic N) is 1. The van der Waals surface area contributed by atoms with Gasteiger partial charge in [0.2, 0.25) is 0 Å². The van der Waals surface area contributed by atoms with Gasteiger partial charge in [0.05, 0.1) is 9.82 Å². The molecule has 0 fully saturated rings. The predicted molar refractivity (Wildman–Crippen MR) is 80.5 cm³/mol. The van der Waals surface area contributed by atoms with Crippen molar-refractivity contribution < 1.29 is 22.3 Å². The molecule has 0 radical (unpaired) electrons. The van der Waals surface area contributed by atoms with Crippen molar-refractivity contribution in [3.8, 4) is 11.1 Å². The van der Waals surface area contributed by atoms with E-state index in [1.807, 2.05) is 0 Å². The second-order valence-electron chi connectivity index (χ2n) is 4.98. The van der Waals surface area contributed by atoms with E-state index in [1.165, 1.54) is 43.3 Å². The summed E-state index contributed by atoms with van der Waals surface area (Å²) in [5.41, 5.74) is -3.58. The van der Waals surface area contributed by atoms with E-state index in [4.69, 9.17) is 0 Å². The van der Waals surface area contributed by atoms with Crippen molar-refractivity contribution in [3.05, 3.63) is 57.6 Å². The maximum absolute atomic E-state index is 12.9. The van der Waals surface area contributed by atoms with Crippen molar-refractivity contribution >= 4 is 16.5 Å². The van der Waals surface area contributed by atoms with Crippen LogP contribution in [0, 0.1) is 24.0 Å². The Labute approximate surface area is 132 Å². The highest BCUT2D eigenvalue weighted by Gasteiger charge is 2.40. The van der Waals surface area contributed by atoms with Gasteiger partial charge >= 0.3 is 5.51 Å². The Morgan fingerprint density at radius 3 is 2.13 bits per heavy atom. The molecule has 0 spiro atoms. The molecule has 0 aliphatic rings. The summed E-state index contributed by atoms with van der Waals surface area (Å²) in [5.74, 6) is 0. The number of rotatable bonds is 3. The van der Waals surface area contributed by atoms with Crippen molar-refractivity contribution in [2.75, 3.05) is 0 Å². The van der Waals surface area contributed by atoms with Gasteiger partial charge < -0.3 is 0 Å². The van der Waals surface area contributed by atoms with E-state index in [1.54, 1.807) is 6.92 Å². The predicted octanol–water partition coefficient (Wildman–Crippen LogP) is 4.51. The van der Waals surface area contributed by atoms with Gasteiger partial charge in [0.15, 0.2) is 10.8 Å². The second-order valence-corrected chi connectivity index (χ2v) is 6.39. The van der Waals surface area contributed by atoms with E-state index < -0.39 is 21.2 Å². The van der Waals surface area contributed by atoms with Crippen LogP contribution in [-0.2, 0) is 10.8 Å². The zero-order valence-corrected chi connectivity index (χ0v) is 13.0. The smallest absolute Gasteiger partial charge is 0.258 e. The fourth-order valence-corrected chi connectivity index (χ4v) is 3.25. The first kappa shape index (κ1) is 17.1. The summed E-state index contributed by atoms with van der Waals surface area (Å²) in [4.78, 5) is 9.75. The normalized spacial score (nSPS) is 12.9. The molecule has 0 aliphatic heterocycles. The molecule has 1 unspecified atom stereocenters. The van der Waals surface area contributed by atoms with Gasteiger partial charge in [0, 0.05) is 12.1 Å². The zero-order chi connectivity index (χ0) is 17.4. The first-order valence-corrected chi connectivity index (χ1v) is 7.61. The molecule has 0 saturated carbocycles.